The Labute approximate surface area is 171 Å². The summed E-state index contributed by atoms with van der Waals surface area (Å²) in [4.78, 5) is 42.1. The molecule has 2 amide bonds. The Hall–Kier alpha value is -1.99. The van der Waals surface area contributed by atoms with E-state index in [1.807, 2.05) is 22.4 Å². The topological polar surface area (TPSA) is 66.5 Å². The molecule has 1 saturated carbocycles. The van der Waals surface area contributed by atoms with Crippen molar-refractivity contribution in [2.75, 3.05) is 11.9 Å². The van der Waals surface area contributed by atoms with Crippen molar-refractivity contribution in [1.29, 1.82) is 0 Å². The van der Waals surface area contributed by atoms with Crippen LogP contribution in [0, 0.1) is 5.92 Å². The van der Waals surface area contributed by atoms with Gasteiger partial charge in [-0.15, -0.1) is 22.7 Å². The summed E-state index contributed by atoms with van der Waals surface area (Å²) in [5, 5.41) is 5.61. The molecule has 1 aliphatic heterocycles. The monoisotopic (exact) mass is 414 g/mol. The minimum atomic E-state index is -0.322. The first-order valence-corrected chi connectivity index (χ1v) is 11.6. The summed E-state index contributed by atoms with van der Waals surface area (Å²) in [6.07, 6.45) is 6.45. The lowest BCUT2D eigenvalue weighted by atomic mass is 9.93. The van der Waals surface area contributed by atoms with Crippen molar-refractivity contribution < 1.29 is 14.4 Å². The van der Waals surface area contributed by atoms with Crippen LogP contribution in [0.25, 0.3) is 0 Å². The van der Waals surface area contributed by atoms with E-state index in [0.29, 0.717) is 28.0 Å². The van der Waals surface area contributed by atoms with Crippen LogP contribution in [0.15, 0.2) is 17.5 Å². The van der Waals surface area contributed by atoms with E-state index >= 15 is 0 Å². The van der Waals surface area contributed by atoms with Gasteiger partial charge < -0.3 is 10.2 Å². The zero-order valence-electron chi connectivity index (χ0n) is 15.5. The summed E-state index contributed by atoms with van der Waals surface area (Å²) in [6, 6.07) is 4.07. The zero-order valence-corrected chi connectivity index (χ0v) is 17.2. The second-order valence-corrected chi connectivity index (χ2v) is 9.94. The molecule has 1 saturated heterocycles. The number of anilines is 1. The molecule has 0 aromatic carbocycles. The maximum Gasteiger partial charge on any atom is 0.230 e. The fraction of sp³-hybridized carbons (Fsp3) is 0.476. The van der Waals surface area contributed by atoms with Gasteiger partial charge >= 0.3 is 0 Å². The number of carbonyl (C=O) groups is 3. The standard InChI is InChI=1S/C21H22N2O3S2/c24-17-10-12(11-23(17)13-7-8-13)20(26)22-21-18(19(25)16-6-3-9-27-16)14-4-1-2-5-15(14)28-21/h3,6,9,12-13H,1-2,4-5,7-8,10-11H2,(H,22,26). The number of nitrogens with one attached hydrogen (secondary N) is 1. The molecule has 2 aromatic rings. The van der Waals surface area contributed by atoms with Crippen molar-refractivity contribution in [3.05, 3.63) is 38.4 Å². The van der Waals surface area contributed by atoms with E-state index in [1.54, 1.807) is 11.3 Å². The summed E-state index contributed by atoms with van der Waals surface area (Å²) in [5.74, 6) is -0.359. The molecule has 3 heterocycles. The summed E-state index contributed by atoms with van der Waals surface area (Å²) in [5.41, 5.74) is 1.80. The number of carbonyl (C=O) groups excluding carboxylic acids is 3. The molecule has 1 unspecified atom stereocenters. The van der Waals surface area contributed by atoms with E-state index in [9.17, 15) is 14.4 Å². The first kappa shape index (κ1) is 18.1. The van der Waals surface area contributed by atoms with Crippen LogP contribution in [-0.2, 0) is 22.4 Å². The minimum absolute atomic E-state index is 0.00630. The second-order valence-electron chi connectivity index (χ2n) is 7.89. The van der Waals surface area contributed by atoms with Gasteiger partial charge in [0.2, 0.25) is 17.6 Å². The van der Waals surface area contributed by atoms with Crippen LogP contribution < -0.4 is 5.32 Å². The summed E-state index contributed by atoms with van der Waals surface area (Å²) in [7, 11) is 0. The van der Waals surface area contributed by atoms with Crippen LogP contribution in [0.2, 0.25) is 0 Å². The van der Waals surface area contributed by atoms with E-state index in [1.165, 1.54) is 16.2 Å². The van der Waals surface area contributed by atoms with Gasteiger partial charge in [0.1, 0.15) is 5.00 Å². The van der Waals surface area contributed by atoms with Gasteiger partial charge in [0, 0.05) is 23.9 Å². The third kappa shape index (κ3) is 3.20. The highest BCUT2D eigenvalue weighted by Gasteiger charge is 2.42. The van der Waals surface area contributed by atoms with E-state index in [-0.39, 0.29) is 29.9 Å². The second kappa shape index (κ2) is 7.12. The largest absolute Gasteiger partial charge is 0.339 e. The molecule has 0 spiro atoms. The zero-order chi connectivity index (χ0) is 19.3. The van der Waals surface area contributed by atoms with E-state index in [2.05, 4.69) is 5.32 Å². The number of ketones is 1. The SMILES string of the molecule is O=C(c1cccs1)c1c(NC(=O)C2CC(=O)N(C3CC3)C2)sc2c1CCCC2. The summed E-state index contributed by atoms with van der Waals surface area (Å²) < 4.78 is 0. The molecule has 3 aliphatic rings. The van der Waals surface area contributed by atoms with E-state index in [4.69, 9.17) is 0 Å². The van der Waals surface area contributed by atoms with Gasteiger partial charge in [-0.05, 0) is 55.5 Å². The number of amides is 2. The smallest absolute Gasteiger partial charge is 0.230 e. The highest BCUT2D eigenvalue weighted by molar-refractivity contribution is 7.17. The molecule has 28 heavy (non-hydrogen) atoms. The van der Waals surface area contributed by atoms with Crippen LogP contribution in [0.5, 0.6) is 0 Å². The number of rotatable bonds is 5. The Morgan fingerprint density at radius 1 is 1.18 bits per heavy atom. The molecule has 5 rings (SSSR count). The molecule has 2 aromatic heterocycles. The van der Waals surface area contributed by atoms with Gasteiger partial charge in [0.05, 0.1) is 16.4 Å². The lowest BCUT2D eigenvalue weighted by molar-refractivity contribution is -0.128. The summed E-state index contributed by atoms with van der Waals surface area (Å²) in [6.45, 7) is 0.509. The molecule has 2 fully saturated rings. The van der Waals surface area contributed by atoms with Crippen molar-refractivity contribution in [3.63, 3.8) is 0 Å². The van der Waals surface area contributed by atoms with Gasteiger partial charge in [-0.1, -0.05) is 6.07 Å². The maximum absolute atomic E-state index is 13.2. The number of likely N-dealkylation sites (tertiary alicyclic amines) is 1. The van der Waals surface area contributed by atoms with Crippen molar-refractivity contribution in [1.82, 2.24) is 4.90 Å². The Balaban J connectivity index is 1.41. The Morgan fingerprint density at radius 2 is 2.00 bits per heavy atom. The van der Waals surface area contributed by atoms with Gasteiger partial charge in [0.25, 0.3) is 0 Å². The third-order valence-electron chi connectivity index (χ3n) is 5.90. The number of hydrogen-bond acceptors (Lipinski definition) is 5. The predicted molar refractivity (Wildman–Crippen MR) is 110 cm³/mol. The first-order chi connectivity index (χ1) is 13.6. The maximum atomic E-state index is 13.2. The lowest BCUT2D eigenvalue weighted by Gasteiger charge is -2.15. The Morgan fingerprint density at radius 3 is 2.75 bits per heavy atom. The number of thiophene rings is 2. The molecule has 2 aliphatic carbocycles. The summed E-state index contributed by atoms with van der Waals surface area (Å²) >= 11 is 2.98. The predicted octanol–water partition coefficient (Wildman–Crippen LogP) is 3.87. The molecule has 146 valence electrons. The Kier molecular flexibility index (Phi) is 4.59. The van der Waals surface area contributed by atoms with Gasteiger partial charge in [0.15, 0.2) is 0 Å². The van der Waals surface area contributed by atoms with Gasteiger partial charge in [-0.25, -0.2) is 0 Å². The fourth-order valence-electron chi connectivity index (χ4n) is 4.29. The number of fused-ring (bicyclic) bond motifs is 1. The van der Waals surface area contributed by atoms with Crippen molar-refractivity contribution in [2.45, 2.75) is 51.0 Å². The number of aryl methyl sites for hydroxylation is 1. The molecule has 1 atom stereocenters. The lowest BCUT2D eigenvalue weighted by Crippen LogP contribution is -2.30. The van der Waals surface area contributed by atoms with Gasteiger partial charge in [-0.3, -0.25) is 14.4 Å². The highest BCUT2D eigenvalue weighted by atomic mass is 32.1. The van der Waals surface area contributed by atoms with Crippen molar-refractivity contribution in [2.24, 2.45) is 5.92 Å². The van der Waals surface area contributed by atoms with Crippen LogP contribution in [0.4, 0.5) is 5.00 Å². The van der Waals surface area contributed by atoms with Crippen LogP contribution in [0.3, 0.4) is 0 Å². The van der Waals surface area contributed by atoms with Gasteiger partial charge in [-0.2, -0.15) is 0 Å². The van der Waals surface area contributed by atoms with E-state index < -0.39 is 0 Å². The quantitative estimate of drug-likeness (QED) is 0.756. The van der Waals surface area contributed by atoms with Crippen molar-refractivity contribution >= 4 is 45.3 Å². The van der Waals surface area contributed by atoms with E-state index in [0.717, 1.165) is 44.1 Å². The number of hydrogen-bond donors (Lipinski definition) is 1. The van der Waals surface area contributed by atoms with Crippen LogP contribution >= 0.6 is 22.7 Å². The van der Waals surface area contributed by atoms with Crippen molar-refractivity contribution in [3.8, 4) is 0 Å². The average molecular weight is 415 g/mol. The molecule has 5 nitrogen and oxygen atoms in total. The van der Waals surface area contributed by atoms with Crippen LogP contribution in [-0.4, -0.2) is 35.1 Å². The molecule has 7 heteroatoms. The molecule has 0 bridgehead atoms. The minimum Gasteiger partial charge on any atom is -0.339 e. The first-order valence-electron chi connectivity index (χ1n) is 9.95. The Bertz CT molecular complexity index is 943. The highest BCUT2D eigenvalue weighted by Crippen LogP contribution is 2.40. The fourth-order valence-corrected chi connectivity index (χ4v) is 6.25. The molecular formula is C21H22N2O3S2. The average Bonchev–Trinajstić information content (AvgIpc) is 3.10. The molecule has 0 radical (unpaired) electrons. The molecule has 1 N–H and O–H groups in total. The third-order valence-corrected chi connectivity index (χ3v) is 7.97. The normalized spacial score (nSPS) is 21.6. The van der Waals surface area contributed by atoms with Crippen LogP contribution in [0.1, 0.15) is 57.8 Å². The molecular weight excluding hydrogens is 392 g/mol. The number of nitrogens with zero attached hydrogens (tertiary/aromatic N) is 1.